The third-order valence-corrected chi connectivity index (χ3v) is 27.7. The van der Waals surface area contributed by atoms with Gasteiger partial charge in [0.25, 0.3) is 32.1 Å². The number of carboxylic acids is 2. The minimum Gasteiger partial charge on any atom is -0.478 e. The molecule has 600 valence electrons. The molecule has 21 rings (SSSR count). The molecule has 9 aliphatic rings. The Kier molecular flexibility index (Phi) is 19.3. The van der Waals surface area contributed by atoms with Gasteiger partial charge in [-0.25, -0.2) is 74.7 Å². The first kappa shape index (κ1) is 77.1. The molecule has 20 bridgehead atoms. The van der Waals surface area contributed by atoms with Crippen LogP contribution in [0.4, 0.5) is 11.6 Å². The number of pyridine rings is 6. The molecule has 17 heterocycles. The topological polar surface area (TPSA) is 468 Å². The lowest BCUT2D eigenvalue weighted by molar-refractivity contribution is -0.432. The maximum absolute atomic E-state index is 14.7. The molecule has 1 saturated heterocycles. The number of aromatic carboxylic acids is 1. The van der Waals surface area contributed by atoms with Crippen molar-refractivity contribution < 1.29 is 74.8 Å². The lowest BCUT2D eigenvalue weighted by atomic mass is 10.0. The number of benzene rings is 4. The average Bonchev–Trinajstić information content (AvgIpc) is 1.52. The van der Waals surface area contributed by atoms with Crippen LogP contribution in [0.15, 0.2) is 231 Å². The quantitative estimate of drug-likeness (QED) is 0.0105. The fraction of sp³-hybridized carbons (Fsp3) is 0.138. The molecule has 0 aliphatic carbocycles. The number of hydrogen-bond acceptors (Lipinski definition) is 29. The normalized spacial score (nSPS) is 17.8. The molecular formula is C80H56AlN19O16S5. The van der Waals surface area contributed by atoms with Crippen molar-refractivity contribution in [3.63, 3.8) is 0 Å². The SMILES string of the molecule is O=C(CNC(=O)c1cc2nc(c1)-c1cc(C(=O)O)cc(n1)CN1Cc3cccc(n3)-c3cccc(n3)CN(Cc3cccc(n3)-c3cccc(n3)C1)C2)NC1C(=O)N2C(C(=O)O)=C(CSc3ccc4c(c3)C3=NC4=Nc4c5cc(S(=O)(=O)O)ccc5c5[n]4[AlH][n]4c(c6ccc(SOOO)cc6c4=NC4=NC(=N5)c5cc(S(=O)(=O)O)ccc54)=N3)CSC12. The Morgan fingerprint density at radius 1 is 0.504 bits per heavy atom. The maximum Gasteiger partial charge on any atom is 0.563 e. The second-order valence-corrected chi connectivity index (χ2v) is 36.4. The second kappa shape index (κ2) is 30.3. The van der Waals surface area contributed by atoms with E-state index in [0.717, 1.165) is 4.90 Å². The number of amidine groups is 4. The van der Waals surface area contributed by atoms with Gasteiger partial charge in [0.2, 0.25) is 5.91 Å². The highest BCUT2D eigenvalue weighted by molar-refractivity contribution is 8.01. The molecule has 41 heteroatoms. The molecule has 1 fully saturated rings. The predicted octanol–water partition coefficient (Wildman–Crippen LogP) is 7.49. The minimum atomic E-state index is -4.83. The van der Waals surface area contributed by atoms with Crippen LogP contribution in [0.5, 0.6) is 0 Å². The summed E-state index contributed by atoms with van der Waals surface area (Å²) in [5.74, 6) is -3.89. The first-order chi connectivity index (χ1) is 58.4. The summed E-state index contributed by atoms with van der Waals surface area (Å²) in [6, 6.07) is 45.9. The van der Waals surface area contributed by atoms with Gasteiger partial charge in [-0.05, 0) is 151 Å². The van der Waals surface area contributed by atoms with E-state index in [1.54, 1.807) is 39.9 Å². The van der Waals surface area contributed by atoms with Crippen LogP contribution < -0.4 is 21.6 Å². The standard InChI is InChI=1S/C80H57N19O16S5.Al.H/c100-65(29-81-76(101)38-21-45-34-97-30-41-5-1-9-59(82-41)61-11-3-7-43(84-61)32-98(35-46-22-39(79(103)104)24-64(87-46)63(23-38)86-45)33-44-8-4-12-62(85-44)60-10-2-6-42(31-97)83-60)88-66-77(102)99-67(80(105)106)40(37-117-78(66)99)36-116-47-13-17-51-55(25-47)72-89-68(51)93-74-58-28-50(120(111,112)113)16-20-54(58)71(95-74)96-75-57-27-49(119(108,109)110)15-19-53(57)70(94-75)92-73-56-26-48(118-115-114-107)14-18-52(56)69(90-72)91-73;;/h1-28,66,78H,29-37H2,(H9,81,82,83,84,85,86,87,88,89,90,91,92,93,94,95,96,100,101,103,104,105,106,107,108,109,110,111,112,113);;/q;+2;/p-2. The maximum atomic E-state index is 14.7. The zero-order chi connectivity index (χ0) is 83.0. The van der Waals surface area contributed by atoms with E-state index in [4.69, 9.17) is 64.2 Å². The van der Waals surface area contributed by atoms with Crippen LogP contribution in [0.3, 0.4) is 0 Å². The molecule has 7 N–H and O–H groups in total. The van der Waals surface area contributed by atoms with E-state index in [-0.39, 0.29) is 130 Å². The van der Waals surface area contributed by atoms with Gasteiger partial charge in [-0.15, -0.1) is 27.9 Å². The Balaban J connectivity index is 0.587. The van der Waals surface area contributed by atoms with E-state index in [1.807, 2.05) is 82.4 Å². The number of hydrogen-bond donors (Lipinski definition) is 7. The highest BCUT2D eigenvalue weighted by Gasteiger charge is 2.54. The zero-order valence-corrected chi connectivity index (χ0v) is 67.8. The molecule has 9 aliphatic heterocycles. The van der Waals surface area contributed by atoms with Crippen LogP contribution in [0.2, 0.25) is 0 Å². The van der Waals surface area contributed by atoms with Gasteiger partial charge in [-0.2, -0.15) is 16.8 Å². The lowest BCUT2D eigenvalue weighted by Gasteiger charge is -2.49. The Hall–Kier alpha value is -12.6. The Morgan fingerprint density at radius 3 is 1.60 bits per heavy atom. The van der Waals surface area contributed by atoms with Gasteiger partial charge in [-0.3, -0.25) is 38.2 Å². The smallest absolute Gasteiger partial charge is 0.478 e. The molecular weight excluding hydrogens is 1670 g/mol. The van der Waals surface area contributed by atoms with Crippen molar-refractivity contribution in [2.45, 2.75) is 70.3 Å². The predicted molar refractivity (Wildman–Crippen MR) is 441 cm³/mol. The third kappa shape index (κ3) is 14.6. The summed E-state index contributed by atoms with van der Waals surface area (Å²) in [5, 5.41) is 40.8. The summed E-state index contributed by atoms with van der Waals surface area (Å²) in [5.41, 5.74) is 8.56. The number of aliphatic carboxylic acids is 1. The van der Waals surface area contributed by atoms with Crippen LogP contribution in [0.25, 0.3) is 55.7 Å². The van der Waals surface area contributed by atoms with Crippen LogP contribution in [-0.2, 0) is 83.3 Å². The molecule has 4 aromatic carbocycles. The van der Waals surface area contributed by atoms with Crippen LogP contribution in [0.1, 0.15) is 77.1 Å². The van der Waals surface area contributed by atoms with Crippen LogP contribution in [-0.4, -0.2) is 191 Å². The summed E-state index contributed by atoms with van der Waals surface area (Å²) in [6.07, 6.45) is 0. The summed E-state index contributed by atoms with van der Waals surface area (Å²) in [6.45, 7) is 0.664. The highest BCUT2D eigenvalue weighted by Crippen LogP contribution is 2.45. The van der Waals surface area contributed by atoms with Crippen LogP contribution in [0, 0.1) is 0 Å². The Bertz CT molecular complexity index is 7130. The number of nitrogens with zero attached hydrogens (tertiary/aromatic N) is 17. The van der Waals surface area contributed by atoms with Crippen molar-refractivity contribution in [3.05, 3.63) is 260 Å². The summed E-state index contributed by atoms with van der Waals surface area (Å²) in [4.78, 5) is 136. The summed E-state index contributed by atoms with van der Waals surface area (Å²) < 4.78 is 80.3. The van der Waals surface area contributed by atoms with Gasteiger partial charge in [0.1, 0.15) is 39.7 Å². The van der Waals surface area contributed by atoms with Gasteiger partial charge >= 0.3 is 27.6 Å². The molecule has 12 aromatic rings. The van der Waals surface area contributed by atoms with Crippen molar-refractivity contribution in [2.75, 3.05) is 18.1 Å². The zero-order valence-electron chi connectivity index (χ0n) is 62.3. The second-order valence-electron chi connectivity index (χ2n) is 29.1. The van der Waals surface area contributed by atoms with Crippen molar-refractivity contribution >= 4 is 158 Å². The number of aliphatic imine (C=N–C) groups is 4. The highest BCUT2D eigenvalue weighted by atomic mass is 32.2. The minimum absolute atomic E-state index is 0.0169. The van der Waals surface area contributed by atoms with E-state index in [0.29, 0.717) is 123 Å². The third-order valence-electron chi connectivity index (χ3n) is 21.2. The van der Waals surface area contributed by atoms with E-state index in [2.05, 4.69) is 25.5 Å². The van der Waals surface area contributed by atoms with Gasteiger partial charge < -0.3 is 27.9 Å². The summed E-state index contributed by atoms with van der Waals surface area (Å²) in [7, 11) is -9.59. The van der Waals surface area contributed by atoms with Crippen molar-refractivity contribution in [2.24, 2.45) is 30.0 Å². The number of carbonyl (C=O) groups is 5. The lowest BCUT2D eigenvalue weighted by Crippen LogP contribution is -2.71. The van der Waals surface area contributed by atoms with E-state index in [1.165, 1.54) is 78.1 Å². The molecule has 0 saturated carbocycles. The van der Waals surface area contributed by atoms with E-state index < -0.39 is 93.3 Å². The fourth-order valence-corrected chi connectivity index (χ4v) is 21.5. The number of thioether (sulfide) groups is 2. The first-order valence-corrected chi connectivity index (χ1v) is 44.0. The van der Waals surface area contributed by atoms with Gasteiger partial charge in [0, 0.05) is 110 Å². The Labute approximate surface area is 702 Å². The molecule has 8 aromatic heterocycles. The Morgan fingerprint density at radius 2 is 1.01 bits per heavy atom. The van der Waals surface area contributed by atoms with E-state index >= 15 is 0 Å². The summed E-state index contributed by atoms with van der Waals surface area (Å²) >= 11 is 1.03. The number of fused-ring (bicyclic) bond motifs is 15. The number of amides is 3. The molecule has 0 radical (unpaired) electrons. The molecule has 3 amide bonds. The van der Waals surface area contributed by atoms with E-state index in [9.17, 15) is 65.4 Å². The van der Waals surface area contributed by atoms with Gasteiger partial charge in [0.05, 0.1) is 102 Å². The van der Waals surface area contributed by atoms with Crippen molar-refractivity contribution in [3.8, 4) is 34.2 Å². The number of nitrogens with one attached hydrogen (secondary N) is 2. The number of β-lactam (4-membered cyclic amide) rings is 1. The van der Waals surface area contributed by atoms with Crippen molar-refractivity contribution in [1.82, 2.24) is 62.3 Å². The first-order valence-electron chi connectivity index (χ1n) is 37.1. The number of aromatic nitrogens is 8. The van der Waals surface area contributed by atoms with Gasteiger partial charge in [0.15, 0.2) is 23.3 Å². The average molecular weight is 1730 g/mol. The molecule has 35 nitrogen and oxygen atoms in total. The largest absolute Gasteiger partial charge is 0.563 e. The molecule has 0 spiro atoms. The molecule has 2 atom stereocenters. The number of carbonyl (C=O) groups excluding carboxylic acids is 3. The molecule has 2 unspecified atom stereocenters. The monoisotopic (exact) mass is 1730 g/mol. The van der Waals surface area contributed by atoms with Crippen molar-refractivity contribution in [1.29, 1.82) is 0 Å². The number of carboxylic acid groups (broad SMARTS) is 2. The van der Waals surface area contributed by atoms with Gasteiger partial charge in [-0.1, -0.05) is 29.3 Å². The van der Waals surface area contributed by atoms with Crippen LogP contribution >= 0.6 is 35.6 Å². The fourth-order valence-electron chi connectivity index (χ4n) is 15.8. The number of rotatable bonds is 14. The molecule has 121 heavy (non-hydrogen) atoms.